The van der Waals surface area contributed by atoms with E-state index >= 15 is 0 Å². The van der Waals surface area contributed by atoms with Crippen molar-refractivity contribution in [2.45, 2.75) is 51.0 Å². The number of aryl methyl sites for hydroxylation is 1. The number of rotatable bonds is 5. The van der Waals surface area contributed by atoms with E-state index in [0.717, 1.165) is 24.8 Å². The van der Waals surface area contributed by atoms with Gasteiger partial charge in [-0.25, -0.2) is 0 Å². The Labute approximate surface area is 147 Å². The molecule has 1 amide bonds. The number of aliphatic hydroxyl groups is 1. The van der Waals surface area contributed by atoms with Crippen molar-refractivity contribution in [3.05, 3.63) is 42.5 Å². The molecule has 0 radical (unpaired) electrons. The molecule has 2 heterocycles. The largest absolute Gasteiger partial charge is 0.486 e. The number of carbonyl (C=O) groups is 1. The Morgan fingerprint density at radius 2 is 2.28 bits per heavy atom. The quantitative estimate of drug-likeness (QED) is 0.887. The Hall–Kier alpha value is -2.41. The van der Waals surface area contributed by atoms with Crippen LogP contribution in [-0.4, -0.2) is 56.0 Å². The number of nitrogens with zero attached hydrogens (tertiary/aromatic N) is 4. The zero-order valence-electron chi connectivity index (χ0n) is 14.6. The van der Waals surface area contributed by atoms with Gasteiger partial charge in [-0.05, 0) is 43.9 Å². The van der Waals surface area contributed by atoms with Gasteiger partial charge in [-0.2, -0.15) is 5.10 Å². The van der Waals surface area contributed by atoms with E-state index in [1.54, 1.807) is 41.3 Å². The SMILES string of the molecule is Cc1cnn(CC(=O)N(C)[C@@H]2CCC[C@@H](Oc3cccnc3)[C@@H]2O)c1. The van der Waals surface area contributed by atoms with E-state index in [-0.39, 0.29) is 24.6 Å². The first-order chi connectivity index (χ1) is 12.0. The summed E-state index contributed by atoms with van der Waals surface area (Å²) >= 11 is 0. The highest BCUT2D eigenvalue weighted by atomic mass is 16.5. The van der Waals surface area contributed by atoms with Crippen LogP contribution < -0.4 is 4.74 Å². The van der Waals surface area contributed by atoms with Gasteiger partial charge < -0.3 is 14.7 Å². The van der Waals surface area contributed by atoms with E-state index in [2.05, 4.69) is 10.1 Å². The average Bonchev–Trinajstić information content (AvgIpc) is 3.02. The first-order valence-electron chi connectivity index (χ1n) is 8.54. The Balaban J connectivity index is 1.63. The molecule has 0 saturated heterocycles. The molecular weight excluding hydrogens is 320 g/mol. The van der Waals surface area contributed by atoms with Gasteiger partial charge in [0.25, 0.3) is 0 Å². The molecule has 1 aliphatic carbocycles. The maximum Gasteiger partial charge on any atom is 0.244 e. The number of carbonyl (C=O) groups excluding carboxylic acids is 1. The van der Waals surface area contributed by atoms with E-state index in [1.807, 2.05) is 19.2 Å². The summed E-state index contributed by atoms with van der Waals surface area (Å²) in [5.74, 6) is 0.558. The Kier molecular flexibility index (Phi) is 5.33. The number of aromatic nitrogens is 3. The molecule has 0 bridgehead atoms. The van der Waals surface area contributed by atoms with Gasteiger partial charge >= 0.3 is 0 Å². The van der Waals surface area contributed by atoms with E-state index in [0.29, 0.717) is 5.75 Å². The van der Waals surface area contributed by atoms with Gasteiger partial charge in [0.15, 0.2) is 0 Å². The van der Waals surface area contributed by atoms with Crippen LogP contribution in [0, 0.1) is 6.92 Å². The summed E-state index contributed by atoms with van der Waals surface area (Å²) in [5.41, 5.74) is 1.01. The number of ether oxygens (including phenoxy) is 1. The second-order valence-corrected chi connectivity index (χ2v) is 6.55. The van der Waals surface area contributed by atoms with Crippen molar-refractivity contribution in [1.29, 1.82) is 0 Å². The zero-order valence-corrected chi connectivity index (χ0v) is 14.6. The molecule has 1 aliphatic rings. The normalized spacial score (nSPS) is 23.2. The maximum atomic E-state index is 12.5. The second-order valence-electron chi connectivity index (χ2n) is 6.55. The fourth-order valence-corrected chi connectivity index (χ4v) is 3.25. The van der Waals surface area contributed by atoms with E-state index < -0.39 is 6.10 Å². The third-order valence-corrected chi connectivity index (χ3v) is 4.64. The molecular formula is C18H24N4O3. The van der Waals surface area contributed by atoms with Crippen LogP contribution in [0.3, 0.4) is 0 Å². The number of hydrogen-bond acceptors (Lipinski definition) is 5. The fraction of sp³-hybridized carbons (Fsp3) is 0.500. The Bertz CT molecular complexity index is 703. The van der Waals surface area contributed by atoms with Gasteiger partial charge in [0.2, 0.25) is 5.91 Å². The Morgan fingerprint density at radius 3 is 2.96 bits per heavy atom. The van der Waals surface area contributed by atoms with Crippen molar-refractivity contribution < 1.29 is 14.6 Å². The number of likely N-dealkylation sites (N-methyl/N-ethyl adjacent to an activating group) is 1. The molecule has 7 heteroatoms. The highest BCUT2D eigenvalue weighted by molar-refractivity contribution is 5.76. The first-order valence-corrected chi connectivity index (χ1v) is 8.54. The lowest BCUT2D eigenvalue weighted by molar-refractivity contribution is -0.138. The molecule has 2 aromatic heterocycles. The van der Waals surface area contributed by atoms with Crippen LogP contribution in [0.15, 0.2) is 36.9 Å². The van der Waals surface area contributed by atoms with Crippen LogP contribution in [0.2, 0.25) is 0 Å². The lowest BCUT2D eigenvalue weighted by Crippen LogP contribution is -2.53. The van der Waals surface area contributed by atoms with Gasteiger partial charge in [0.1, 0.15) is 24.5 Å². The van der Waals surface area contributed by atoms with Crippen LogP contribution >= 0.6 is 0 Å². The topological polar surface area (TPSA) is 80.5 Å². The summed E-state index contributed by atoms with van der Waals surface area (Å²) < 4.78 is 7.50. The third-order valence-electron chi connectivity index (χ3n) is 4.64. The molecule has 3 atom stereocenters. The lowest BCUT2D eigenvalue weighted by atomic mass is 9.89. The number of amides is 1. The fourth-order valence-electron chi connectivity index (χ4n) is 3.25. The smallest absolute Gasteiger partial charge is 0.244 e. The van der Waals surface area contributed by atoms with E-state index in [9.17, 15) is 9.90 Å². The molecule has 1 fully saturated rings. The minimum absolute atomic E-state index is 0.0748. The van der Waals surface area contributed by atoms with Crippen molar-refractivity contribution in [2.75, 3.05) is 7.05 Å². The molecule has 0 aliphatic heterocycles. The molecule has 25 heavy (non-hydrogen) atoms. The lowest BCUT2D eigenvalue weighted by Gasteiger charge is -2.39. The molecule has 0 spiro atoms. The zero-order chi connectivity index (χ0) is 17.8. The minimum Gasteiger partial charge on any atom is -0.486 e. The third kappa shape index (κ3) is 4.17. The van der Waals surface area contributed by atoms with Gasteiger partial charge in [0, 0.05) is 19.4 Å². The van der Waals surface area contributed by atoms with Gasteiger partial charge in [-0.15, -0.1) is 0 Å². The predicted octanol–water partition coefficient (Wildman–Crippen LogP) is 1.41. The second kappa shape index (κ2) is 7.65. The highest BCUT2D eigenvalue weighted by Crippen LogP contribution is 2.26. The summed E-state index contributed by atoms with van der Waals surface area (Å²) in [7, 11) is 1.74. The molecule has 0 unspecified atom stereocenters. The van der Waals surface area contributed by atoms with Gasteiger partial charge in [0.05, 0.1) is 18.4 Å². The van der Waals surface area contributed by atoms with Crippen LogP contribution in [-0.2, 0) is 11.3 Å². The standard InChI is InChI=1S/C18H24N4O3/c1-13-9-20-22(11-13)12-17(23)21(2)15-6-3-7-16(18(15)24)25-14-5-4-8-19-10-14/h4-5,8-11,15-16,18,24H,3,6-7,12H2,1-2H3/t15-,16-,18-/m1/s1. The van der Waals surface area contributed by atoms with Crippen molar-refractivity contribution in [1.82, 2.24) is 19.7 Å². The van der Waals surface area contributed by atoms with Crippen molar-refractivity contribution >= 4 is 5.91 Å². The van der Waals surface area contributed by atoms with Crippen LogP contribution in [0.5, 0.6) is 5.75 Å². The molecule has 3 rings (SSSR count). The molecule has 0 aromatic carbocycles. The van der Waals surface area contributed by atoms with E-state index in [1.165, 1.54) is 0 Å². The number of pyridine rings is 1. The minimum atomic E-state index is -0.734. The summed E-state index contributed by atoms with van der Waals surface area (Å²) in [6.45, 7) is 2.10. The monoisotopic (exact) mass is 344 g/mol. The molecule has 2 aromatic rings. The number of hydrogen-bond donors (Lipinski definition) is 1. The average molecular weight is 344 g/mol. The molecule has 1 N–H and O–H groups in total. The maximum absolute atomic E-state index is 12.5. The van der Waals surface area contributed by atoms with E-state index in [4.69, 9.17) is 4.74 Å². The summed E-state index contributed by atoms with van der Waals surface area (Å²) in [6.07, 6.45) is 8.19. The highest BCUT2D eigenvalue weighted by Gasteiger charge is 2.37. The van der Waals surface area contributed by atoms with Crippen LogP contribution in [0.1, 0.15) is 24.8 Å². The summed E-state index contributed by atoms with van der Waals surface area (Å²) in [5, 5.41) is 14.9. The van der Waals surface area contributed by atoms with Crippen LogP contribution in [0.4, 0.5) is 0 Å². The van der Waals surface area contributed by atoms with Gasteiger partial charge in [-0.1, -0.05) is 0 Å². The Morgan fingerprint density at radius 1 is 1.44 bits per heavy atom. The summed E-state index contributed by atoms with van der Waals surface area (Å²) in [4.78, 5) is 18.2. The predicted molar refractivity (Wildman–Crippen MR) is 92.0 cm³/mol. The van der Waals surface area contributed by atoms with Crippen molar-refractivity contribution in [2.24, 2.45) is 0 Å². The summed E-state index contributed by atoms with van der Waals surface area (Å²) in [6, 6.07) is 3.35. The number of aliphatic hydroxyl groups excluding tert-OH is 1. The van der Waals surface area contributed by atoms with Crippen LogP contribution in [0.25, 0.3) is 0 Å². The van der Waals surface area contributed by atoms with Crippen molar-refractivity contribution in [3.8, 4) is 5.75 Å². The van der Waals surface area contributed by atoms with Crippen molar-refractivity contribution in [3.63, 3.8) is 0 Å². The molecule has 134 valence electrons. The first kappa shape index (κ1) is 17.4. The van der Waals surface area contributed by atoms with Gasteiger partial charge in [-0.3, -0.25) is 14.5 Å². The molecule has 1 saturated carbocycles. The molecule has 7 nitrogen and oxygen atoms in total.